The second-order valence-corrected chi connectivity index (χ2v) is 6.46. The third-order valence-electron chi connectivity index (χ3n) is 3.29. The van der Waals surface area contributed by atoms with E-state index in [4.69, 9.17) is 0 Å². The summed E-state index contributed by atoms with van der Waals surface area (Å²) < 4.78 is 25.3. The summed E-state index contributed by atoms with van der Waals surface area (Å²) in [5, 5.41) is 5.43. The minimum absolute atomic E-state index is 0.0501. The quantitative estimate of drug-likeness (QED) is 0.810. The molecule has 0 atom stereocenters. The highest BCUT2D eigenvalue weighted by atomic mass is 32.1. The number of hydrogen-bond donors (Lipinski definition) is 1. The lowest BCUT2D eigenvalue weighted by molar-refractivity contribution is 0.151. The molecule has 0 fully saturated rings. The molecule has 0 aliphatic heterocycles. The summed E-state index contributed by atoms with van der Waals surface area (Å²) in [4.78, 5) is 1.33. The van der Waals surface area contributed by atoms with Crippen molar-refractivity contribution in [2.24, 2.45) is 0 Å². The van der Waals surface area contributed by atoms with E-state index < -0.39 is 6.43 Å². The van der Waals surface area contributed by atoms with Gasteiger partial charge in [-0.1, -0.05) is 38.1 Å². The maximum absolute atomic E-state index is 12.6. The summed E-state index contributed by atoms with van der Waals surface area (Å²) >= 11 is 1.74. The Bertz CT molecular complexity index is 535. The third-order valence-corrected chi connectivity index (χ3v) is 4.52. The predicted octanol–water partition coefficient (Wildman–Crippen LogP) is 4.75. The van der Waals surface area contributed by atoms with Gasteiger partial charge in [-0.15, -0.1) is 11.3 Å². The summed E-state index contributed by atoms with van der Waals surface area (Å²) in [7, 11) is 0. The van der Waals surface area contributed by atoms with E-state index in [2.05, 4.69) is 30.6 Å². The zero-order valence-corrected chi connectivity index (χ0v) is 12.5. The molecule has 1 nitrogen and oxygen atoms in total. The van der Waals surface area contributed by atoms with Crippen LogP contribution in [0.25, 0.3) is 0 Å². The summed E-state index contributed by atoms with van der Waals surface area (Å²) in [6, 6.07) is 10.8. The molecule has 1 N–H and O–H groups in total. The molecular formula is C16H19F2NS. The molecule has 0 saturated heterocycles. The Hall–Kier alpha value is -1.26. The van der Waals surface area contributed by atoms with Crippen LogP contribution in [0.1, 0.15) is 36.3 Å². The van der Waals surface area contributed by atoms with Gasteiger partial charge in [-0.2, -0.15) is 0 Å². The molecule has 0 saturated carbocycles. The van der Waals surface area contributed by atoms with Crippen LogP contribution in [-0.2, 0) is 12.0 Å². The molecule has 1 aromatic carbocycles. The van der Waals surface area contributed by atoms with Crippen molar-refractivity contribution >= 4 is 11.3 Å². The van der Waals surface area contributed by atoms with Crippen LogP contribution in [0.15, 0.2) is 41.8 Å². The van der Waals surface area contributed by atoms with Crippen LogP contribution in [-0.4, -0.2) is 6.54 Å². The van der Waals surface area contributed by atoms with Gasteiger partial charge in [0.1, 0.15) is 0 Å². The highest BCUT2D eigenvalue weighted by Crippen LogP contribution is 2.26. The smallest absolute Gasteiger partial charge is 0.263 e. The van der Waals surface area contributed by atoms with E-state index in [-0.39, 0.29) is 11.0 Å². The van der Waals surface area contributed by atoms with Crippen molar-refractivity contribution in [3.63, 3.8) is 0 Å². The standard InChI is InChI=1S/C16H19F2NS/c1-16(2,14-7-4-8-20-14)11-19-10-12-5-3-6-13(9-12)15(17)18/h3-9,15,19H,10-11H2,1-2H3. The number of thiophene rings is 1. The Labute approximate surface area is 122 Å². The van der Waals surface area contributed by atoms with Crippen LogP contribution in [0.4, 0.5) is 8.78 Å². The van der Waals surface area contributed by atoms with Gasteiger partial charge in [-0.3, -0.25) is 0 Å². The molecule has 108 valence electrons. The monoisotopic (exact) mass is 295 g/mol. The molecule has 0 aliphatic carbocycles. The zero-order chi connectivity index (χ0) is 14.6. The number of rotatable bonds is 6. The zero-order valence-electron chi connectivity index (χ0n) is 11.7. The molecule has 1 heterocycles. The lowest BCUT2D eigenvalue weighted by Gasteiger charge is -2.23. The van der Waals surface area contributed by atoms with Crippen LogP contribution < -0.4 is 5.32 Å². The van der Waals surface area contributed by atoms with Gasteiger partial charge < -0.3 is 5.32 Å². The van der Waals surface area contributed by atoms with Gasteiger partial charge in [0.25, 0.3) is 6.43 Å². The molecule has 0 amide bonds. The fourth-order valence-corrected chi connectivity index (χ4v) is 2.96. The van der Waals surface area contributed by atoms with Gasteiger partial charge in [0, 0.05) is 28.9 Å². The van der Waals surface area contributed by atoms with Crippen molar-refractivity contribution in [3.8, 4) is 0 Å². The fourth-order valence-electron chi connectivity index (χ4n) is 2.11. The fraction of sp³-hybridized carbons (Fsp3) is 0.375. The average molecular weight is 295 g/mol. The summed E-state index contributed by atoms with van der Waals surface area (Å²) in [6.45, 7) is 5.78. The van der Waals surface area contributed by atoms with E-state index >= 15 is 0 Å². The number of halogens is 2. The molecule has 0 bridgehead atoms. The van der Waals surface area contributed by atoms with Crippen molar-refractivity contribution in [1.29, 1.82) is 0 Å². The highest BCUT2D eigenvalue weighted by molar-refractivity contribution is 7.10. The molecule has 2 rings (SSSR count). The Morgan fingerprint density at radius 3 is 2.65 bits per heavy atom. The average Bonchev–Trinajstić information content (AvgIpc) is 2.93. The Morgan fingerprint density at radius 2 is 2.00 bits per heavy atom. The third kappa shape index (κ3) is 3.87. The summed E-state index contributed by atoms with van der Waals surface area (Å²) in [5.74, 6) is 0. The largest absolute Gasteiger partial charge is 0.312 e. The second kappa shape index (κ2) is 6.46. The predicted molar refractivity (Wildman–Crippen MR) is 80.5 cm³/mol. The van der Waals surface area contributed by atoms with Gasteiger partial charge in [-0.05, 0) is 23.1 Å². The van der Waals surface area contributed by atoms with E-state index in [1.54, 1.807) is 23.5 Å². The van der Waals surface area contributed by atoms with Crippen LogP contribution in [0.3, 0.4) is 0 Å². The van der Waals surface area contributed by atoms with Crippen LogP contribution >= 0.6 is 11.3 Å². The Kier molecular flexibility index (Phi) is 4.89. The molecule has 0 aliphatic rings. The molecule has 4 heteroatoms. The first kappa shape index (κ1) is 15.1. The van der Waals surface area contributed by atoms with E-state index in [0.29, 0.717) is 6.54 Å². The van der Waals surface area contributed by atoms with Crippen molar-refractivity contribution < 1.29 is 8.78 Å². The topological polar surface area (TPSA) is 12.0 Å². The maximum atomic E-state index is 12.6. The lowest BCUT2D eigenvalue weighted by atomic mass is 9.91. The van der Waals surface area contributed by atoms with Crippen LogP contribution in [0.2, 0.25) is 0 Å². The maximum Gasteiger partial charge on any atom is 0.263 e. The normalized spacial score (nSPS) is 12.1. The van der Waals surface area contributed by atoms with Crippen LogP contribution in [0, 0.1) is 0 Å². The van der Waals surface area contributed by atoms with E-state index in [1.807, 2.05) is 12.1 Å². The number of nitrogens with one attached hydrogen (secondary N) is 1. The SMILES string of the molecule is CC(C)(CNCc1cccc(C(F)F)c1)c1cccs1. The molecule has 0 radical (unpaired) electrons. The highest BCUT2D eigenvalue weighted by Gasteiger charge is 2.20. The van der Waals surface area contributed by atoms with Gasteiger partial charge in [0.2, 0.25) is 0 Å². The first-order valence-electron chi connectivity index (χ1n) is 6.61. The molecule has 0 spiro atoms. The molecule has 20 heavy (non-hydrogen) atoms. The van der Waals surface area contributed by atoms with Gasteiger partial charge in [0.05, 0.1) is 0 Å². The van der Waals surface area contributed by atoms with Gasteiger partial charge >= 0.3 is 0 Å². The van der Waals surface area contributed by atoms with Crippen molar-refractivity contribution in [1.82, 2.24) is 5.32 Å². The van der Waals surface area contributed by atoms with E-state index in [1.165, 1.54) is 10.9 Å². The summed E-state index contributed by atoms with van der Waals surface area (Å²) in [5.41, 5.74) is 1.03. The molecule has 2 aromatic rings. The molecule has 0 unspecified atom stereocenters. The lowest BCUT2D eigenvalue weighted by Crippen LogP contribution is -2.31. The van der Waals surface area contributed by atoms with E-state index in [0.717, 1.165) is 12.1 Å². The van der Waals surface area contributed by atoms with Crippen LogP contribution in [0.5, 0.6) is 0 Å². The number of hydrogen-bond acceptors (Lipinski definition) is 2. The first-order chi connectivity index (χ1) is 9.49. The number of benzene rings is 1. The second-order valence-electron chi connectivity index (χ2n) is 5.51. The molecule has 1 aromatic heterocycles. The van der Waals surface area contributed by atoms with E-state index in [9.17, 15) is 8.78 Å². The Balaban J connectivity index is 1.91. The minimum atomic E-state index is -2.41. The van der Waals surface area contributed by atoms with Crippen molar-refractivity contribution in [2.75, 3.05) is 6.54 Å². The van der Waals surface area contributed by atoms with Gasteiger partial charge in [-0.25, -0.2) is 8.78 Å². The first-order valence-corrected chi connectivity index (χ1v) is 7.49. The van der Waals surface area contributed by atoms with Gasteiger partial charge in [0.15, 0.2) is 0 Å². The van der Waals surface area contributed by atoms with Crippen molar-refractivity contribution in [3.05, 3.63) is 57.8 Å². The Morgan fingerprint density at radius 1 is 1.20 bits per heavy atom. The molecular weight excluding hydrogens is 276 g/mol. The summed E-state index contributed by atoms with van der Waals surface area (Å²) in [6.07, 6.45) is -2.41. The van der Waals surface area contributed by atoms with Crippen molar-refractivity contribution in [2.45, 2.75) is 32.2 Å². The number of alkyl halides is 2. The minimum Gasteiger partial charge on any atom is -0.312 e.